The van der Waals surface area contributed by atoms with E-state index in [0.717, 1.165) is 51.5 Å². The van der Waals surface area contributed by atoms with Crippen molar-refractivity contribution >= 4 is 11.6 Å². The first-order chi connectivity index (χ1) is 12.5. The highest BCUT2D eigenvalue weighted by Gasteiger charge is 2.24. The maximum absolute atomic E-state index is 13.0. The molecule has 144 valence electrons. The average Bonchev–Trinajstić information content (AvgIpc) is 2.67. The summed E-state index contributed by atoms with van der Waals surface area (Å²) in [6, 6.07) is 7.21. The van der Waals surface area contributed by atoms with E-state index in [1.165, 1.54) is 25.0 Å². The Morgan fingerprint density at radius 3 is 2.31 bits per heavy atom. The van der Waals surface area contributed by atoms with Gasteiger partial charge in [0.15, 0.2) is 0 Å². The molecule has 0 aliphatic carbocycles. The van der Waals surface area contributed by atoms with Crippen molar-refractivity contribution in [2.75, 3.05) is 64.8 Å². The first-order valence-electron chi connectivity index (χ1n) is 9.70. The van der Waals surface area contributed by atoms with E-state index in [0.29, 0.717) is 12.5 Å². The third-order valence-corrected chi connectivity index (χ3v) is 5.81. The van der Waals surface area contributed by atoms with E-state index in [-0.39, 0.29) is 11.7 Å². The van der Waals surface area contributed by atoms with E-state index in [1.807, 2.05) is 17.0 Å². The Kier molecular flexibility index (Phi) is 6.48. The fourth-order valence-corrected chi connectivity index (χ4v) is 3.91. The molecule has 0 N–H and O–H groups in total. The second-order valence-corrected chi connectivity index (χ2v) is 7.61. The highest BCUT2D eigenvalue weighted by atomic mass is 19.1. The lowest BCUT2D eigenvalue weighted by atomic mass is 10.0. The van der Waals surface area contributed by atoms with Gasteiger partial charge in [-0.1, -0.05) is 0 Å². The predicted molar refractivity (Wildman–Crippen MR) is 103 cm³/mol. The van der Waals surface area contributed by atoms with Crippen LogP contribution in [0.15, 0.2) is 24.3 Å². The van der Waals surface area contributed by atoms with Crippen LogP contribution in [0.2, 0.25) is 0 Å². The van der Waals surface area contributed by atoms with Gasteiger partial charge in [0.2, 0.25) is 5.91 Å². The number of nitrogens with zero attached hydrogens (tertiary/aromatic N) is 4. The van der Waals surface area contributed by atoms with E-state index in [4.69, 9.17) is 0 Å². The number of carbonyl (C=O) groups is 1. The van der Waals surface area contributed by atoms with Crippen LogP contribution in [0.5, 0.6) is 0 Å². The fraction of sp³-hybridized carbons (Fsp3) is 0.650. The Morgan fingerprint density at radius 1 is 1.08 bits per heavy atom. The zero-order valence-electron chi connectivity index (χ0n) is 16.0. The van der Waals surface area contributed by atoms with Gasteiger partial charge >= 0.3 is 0 Å². The van der Waals surface area contributed by atoms with Crippen LogP contribution >= 0.6 is 0 Å². The molecule has 2 saturated heterocycles. The minimum atomic E-state index is -0.212. The number of piperidine rings is 1. The molecular weight excluding hydrogens is 331 g/mol. The number of likely N-dealkylation sites (tertiary alicyclic amines) is 1. The molecule has 26 heavy (non-hydrogen) atoms. The van der Waals surface area contributed by atoms with Crippen molar-refractivity contribution in [3.63, 3.8) is 0 Å². The van der Waals surface area contributed by atoms with Crippen molar-refractivity contribution in [1.82, 2.24) is 14.7 Å². The molecule has 1 aromatic rings. The minimum Gasteiger partial charge on any atom is -0.368 e. The lowest BCUT2D eigenvalue weighted by Gasteiger charge is -2.37. The van der Waals surface area contributed by atoms with Crippen LogP contribution in [0.1, 0.15) is 19.3 Å². The topological polar surface area (TPSA) is 30.0 Å². The van der Waals surface area contributed by atoms with Crippen LogP contribution in [0.4, 0.5) is 10.1 Å². The summed E-state index contributed by atoms with van der Waals surface area (Å²) in [4.78, 5) is 21.5. The molecule has 6 heteroatoms. The fourth-order valence-electron chi connectivity index (χ4n) is 3.91. The Hall–Kier alpha value is -1.66. The monoisotopic (exact) mass is 362 g/mol. The molecule has 0 atom stereocenters. The second-order valence-electron chi connectivity index (χ2n) is 7.61. The van der Waals surface area contributed by atoms with E-state index in [2.05, 4.69) is 28.8 Å². The van der Waals surface area contributed by atoms with E-state index >= 15 is 0 Å². The van der Waals surface area contributed by atoms with Crippen LogP contribution in [-0.2, 0) is 4.79 Å². The SMILES string of the molecule is CN1CCC(N(C)CCC(=O)N2CCN(c3ccc(F)cc3)CC2)CC1. The van der Waals surface area contributed by atoms with Gasteiger partial charge in [-0.2, -0.15) is 0 Å². The molecule has 0 spiro atoms. The van der Waals surface area contributed by atoms with Gasteiger partial charge in [-0.05, 0) is 64.3 Å². The molecule has 0 radical (unpaired) electrons. The molecule has 2 aliphatic heterocycles. The van der Waals surface area contributed by atoms with Crippen molar-refractivity contribution in [3.05, 3.63) is 30.1 Å². The van der Waals surface area contributed by atoms with Crippen LogP contribution in [0, 0.1) is 5.82 Å². The van der Waals surface area contributed by atoms with Crippen molar-refractivity contribution in [1.29, 1.82) is 0 Å². The highest BCUT2D eigenvalue weighted by Crippen LogP contribution is 2.18. The highest BCUT2D eigenvalue weighted by molar-refractivity contribution is 5.76. The Morgan fingerprint density at radius 2 is 1.69 bits per heavy atom. The number of carbonyl (C=O) groups excluding carboxylic acids is 1. The van der Waals surface area contributed by atoms with Gasteiger partial charge in [-0.15, -0.1) is 0 Å². The van der Waals surface area contributed by atoms with Crippen LogP contribution in [-0.4, -0.2) is 86.6 Å². The first-order valence-corrected chi connectivity index (χ1v) is 9.70. The number of hydrogen-bond donors (Lipinski definition) is 0. The molecular formula is C20H31FN4O. The lowest BCUT2D eigenvalue weighted by Crippen LogP contribution is -2.49. The normalized spacial score (nSPS) is 20.0. The van der Waals surface area contributed by atoms with Crippen molar-refractivity contribution < 1.29 is 9.18 Å². The van der Waals surface area contributed by atoms with Gasteiger partial charge in [0.1, 0.15) is 5.82 Å². The molecule has 0 unspecified atom stereocenters. The molecule has 5 nitrogen and oxygen atoms in total. The van der Waals surface area contributed by atoms with Gasteiger partial charge in [-0.25, -0.2) is 4.39 Å². The summed E-state index contributed by atoms with van der Waals surface area (Å²) < 4.78 is 13.0. The summed E-state index contributed by atoms with van der Waals surface area (Å²) in [6.07, 6.45) is 2.98. The third-order valence-electron chi connectivity index (χ3n) is 5.81. The standard InChI is InChI=1S/C20H31FN4O/c1-22-10-7-18(8-11-22)23(2)12-9-20(26)25-15-13-24(14-16-25)19-5-3-17(21)4-6-19/h3-6,18H,7-16H2,1-2H3. The Bertz CT molecular complexity index is 578. The maximum Gasteiger partial charge on any atom is 0.223 e. The third kappa shape index (κ3) is 4.95. The number of rotatable bonds is 5. The quantitative estimate of drug-likeness (QED) is 0.800. The summed E-state index contributed by atoms with van der Waals surface area (Å²) >= 11 is 0. The molecule has 1 amide bonds. The van der Waals surface area contributed by atoms with Gasteiger partial charge in [0.05, 0.1) is 0 Å². The summed E-state index contributed by atoms with van der Waals surface area (Å²) in [7, 11) is 4.32. The molecule has 2 aliphatic rings. The van der Waals surface area contributed by atoms with E-state index in [1.54, 1.807) is 0 Å². The number of amides is 1. The molecule has 2 fully saturated rings. The number of piperazine rings is 1. The first kappa shape index (κ1) is 19.1. The van der Waals surface area contributed by atoms with Crippen LogP contribution < -0.4 is 4.90 Å². The second kappa shape index (κ2) is 8.82. The summed E-state index contributed by atoms with van der Waals surface area (Å²) in [5, 5.41) is 0. The van der Waals surface area contributed by atoms with Gasteiger partial charge < -0.3 is 19.6 Å². The van der Waals surface area contributed by atoms with E-state index < -0.39 is 0 Å². The lowest BCUT2D eigenvalue weighted by molar-refractivity contribution is -0.131. The molecule has 0 saturated carbocycles. The molecule has 0 aromatic heterocycles. The van der Waals surface area contributed by atoms with Gasteiger partial charge in [-0.3, -0.25) is 4.79 Å². The van der Waals surface area contributed by atoms with Crippen molar-refractivity contribution in [3.8, 4) is 0 Å². The molecule has 0 bridgehead atoms. The zero-order chi connectivity index (χ0) is 18.5. The van der Waals surface area contributed by atoms with Crippen molar-refractivity contribution in [2.45, 2.75) is 25.3 Å². The minimum absolute atomic E-state index is 0.212. The molecule has 1 aromatic carbocycles. The largest absolute Gasteiger partial charge is 0.368 e. The molecule has 2 heterocycles. The molecule has 3 rings (SSSR count). The van der Waals surface area contributed by atoms with Gasteiger partial charge in [0.25, 0.3) is 0 Å². The predicted octanol–water partition coefficient (Wildman–Crippen LogP) is 1.89. The van der Waals surface area contributed by atoms with Crippen LogP contribution in [0.3, 0.4) is 0 Å². The summed E-state index contributed by atoms with van der Waals surface area (Å²) in [5.74, 6) is 0.0415. The number of halogens is 1. The maximum atomic E-state index is 13.0. The van der Waals surface area contributed by atoms with E-state index in [9.17, 15) is 9.18 Å². The Labute approximate surface area is 156 Å². The van der Waals surface area contributed by atoms with Crippen LogP contribution in [0.25, 0.3) is 0 Å². The number of benzene rings is 1. The summed E-state index contributed by atoms with van der Waals surface area (Å²) in [6.45, 7) is 6.24. The van der Waals surface area contributed by atoms with Gasteiger partial charge in [0, 0.05) is 50.9 Å². The zero-order valence-corrected chi connectivity index (χ0v) is 16.0. The smallest absolute Gasteiger partial charge is 0.223 e. The summed E-state index contributed by atoms with van der Waals surface area (Å²) in [5.41, 5.74) is 1.03. The average molecular weight is 362 g/mol. The number of anilines is 1. The van der Waals surface area contributed by atoms with Crippen molar-refractivity contribution in [2.24, 2.45) is 0 Å². The Balaban J connectivity index is 1.40. The number of hydrogen-bond acceptors (Lipinski definition) is 4.